The molecule has 1 amide bonds. The third-order valence-electron chi connectivity index (χ3n) is 3.15. The van der Waals surface area contributed by atoms with E-state index in [1.54, 1.807) is 11.8 Å². The Labute approximate surface area is 119 Å². The van der Waals surface area contributed by atoms with Crippen LogP contribution in [-0.2, 0) is 11.2 Å². The van der Waals surface area contributed by atoms with Gasteiger partial charge in [-0.15, -0.1) is 0 Å². The number of amides is 1. The minimum absolute atomic E-state index is 0.00651. The Morgan fingerprint density at radius 3 is 2.47 bits per heavy atom. The monoisotopic (exact) mass is 281 g/mol. The van der Waals surface area contributed by atoms with E-state index in [-0.39, 0.29) is 24.5 Å². The molecule has 0 fully saturated rings. The van der Waals surface area contributed by atoms with E-state index < -0.39 is 0 Å². The molecule has 0 aliphatic carbocycles. The zero-order valence-corrected chi connectivity index (χ0v) is 12.7. The Morgan fingerprint density at radius 2 is 2.00 bits per heavy atom. The summed E-state index contributed by atoms with van der Waals surface area (Å²) in [6.07, 6.45) is 2.97. The van der Waals surface area contributed by atoms with Gasteiger partial charge in [0.05, 0.1) is 12.6 Å². The maximum absolute atomic E-state index is 12.0. The van der Waals surface area contributed by atoms with E-state index in [2.05, 4.69) is 12.2 Å². The predicted molar refractivity (Wildman–Crippen MR) is 81.3 cm³/mol. The van der Waals surface area contributed by atoms with Crippen LogP contribution in [0.5, 0.6) is 0 Å². The number of nitrogens with one attached hydrogen (secondary N) is 1. The molecule has 0 heterocycles. The lowest BCUT2D eigenvalue weighted by molar-refractivity contribution is -0.124. The molecule has 0 aromatic heterocycles. The van der Waals surface area contributed by atoms with Gasteiger partial charge in [0, 0.05) is 11.7 Å². The van der Waals surface area contributed by atoms with E-state index in [4.69, 9.17) is 0 Å². The van der Waals surface area contributed by atoms with Crippen molar-refractivity contribution in [3.8, 4) is 0 Å². The molecule has 0 radical (unpaired) electrons. The van der Waals surface area contributed by atoms with Crippen LogP contribution in [0.1, 0.15) is 31.0 Å². The molecule has 106 valence electrons. The number of aliphatic hydroxyl groups excluding tert-OH is 1. The molecule has 2 atom stereocenters. The van der Waals surface area contributed by atoms with Crippen LogP contribution in [0.25, 0.3) is 0 Å². The van der Waals surface area contributed by atoms with Crippen LogP contribution in [0.3, 0.4) is 0 Å². The summed E-state index contributed by atoms with van der Waals surface area (Å²) in [5.41, 5.74) is 2.20. The van der Waals surface area contributed by atoms with E-state index >= 15 is 0 Å². The fourth-order valence-corrected chi connectivity index (χ4v) is 2.51. The van der Waals surface area contributed by atoms with Gasteiger partial charge in [-0.05, 0) is 23.8 Å². The van der Waals surface area contributed by atoms with E-state index in [0.29, 0.717) is 0 Å². The van der Waals surface area contributed by atoms with E-state index in [1.807, 2.05) is 37.4 Å². The molecule has 0 saturated heterocycles. The number of benzene rings is 1. The molecule has 2 N–H and O–H groups in total. The normalized spacial score (nSPS) is 13.9. The molecule has 1 aromatic rings. The topological polar surface area (TPSA) is 49.3 Å². The summed E-state index contributed by atoms with van der Waals surface area (Å²) < 4.78 is 0. The van der Waals surface area contributed by atoms with Crippen LogP contribution in [0.15, 0.2) is 24.3 Å². The first kappa shape index (κ1) is 16.1. The number of thioether (sulfide) groups is 1. The van der Waals surface area contributed by atoms with Crippen molar-refractivity contribution < 1.29 is 9.90 Å². The molecular weight excluding hydrogens is 258 g/mol. The van der Waals surface area contributed by atoms with E-state index in [9.17, 15) is 9.90 Å². The summed E-state index contributed by atoms with van der Waals surface area (Å²) in [6.45, 7) is 3.92. The Hall–Kier alpha value is -1.00. The average Bonchev–Trinajstić information content (AvgIpc) is 2.45. The first-order chi connectivity index (χ1) is 9.12. The Kier molecular flexibility index (Phi) is 6.95. The van der Waals surface area contributed by atoms with Crippen LogP contribution < -0.4 is 5.32 Å². The van der Waals surface area contributed by atoms with Gasteiger partial charge >= 0.3 is 0 Å². The molecule has 0 bridgehead atoms. The third kappa shape index (κ3) is 4.88. The van der Waals surface area contributed by atoms with Gasteiger partial charge in [-0.25, -0.2) is 0 Å². The Balaban J connectivity index is 2.69. The second-order valence-electron chi connectivity index (χ2n) is 4.70. The maximum atomic E-state index is 12.0. The zero-order valence-electron chi connectivity index (χ0n) is 11.8. The number of hydrogen-bond acceptors (Lipinski definition) is 3. The van der Waals surface area contributed by atoms with Gasteiger partial charge in [0.1, 0.15) is 0 Å². The average molecular weight is 281 g/mol. The highest BCUT2D eigenvalue weighted by atomic mass is 32.2. The number of carbonyl (C=O) groups excluding carboxylic acids is 1. The van der Waals surface area contributed by atoms with Gasteiger partial charge in [-0.2, -0.15) is 11.8 Å². The van der Waals surface area contributed by atoms with Gasteiger partial charge in [0.25, 0.3) is 0 Å². The predicted octanol–water partition coefficient (Wildman–Crippen LogP) is 2.40. The van der Waals surface area contributed by atoms with Crippen molar-refractivity contribution in [2.24, 2.45) is 5.92 Å². The summed E-state index contributed by atoms with van der Waals surface area (Å²) in [7, 11) is 0. The standard InChI is InChI=1S/C15H23NO2S/c1-4-12-5-7-13(8-6-12)14(9-17)16-15(18)11(2)10-19-3/h5-8,11,14,17H,4,9-10H2,1-3H3,(H,16,18). The molecule has 19 heavy (non-hydrogen) atoms. The molecule has 4 heteroatoms. The van der Waals surface area contributed by atoms with Gasteiger partial charge in [0.2, 0.25) is 5.91 Å². The van der Waals surface area contributed by atoms with Crippen molar-refractivity contribution >= 4 is 17.7 Å². The minimum Gasteiger partial charge on any atom is -0.394 e. The van der Waals surface area contributed by atoms with E-state index in [0.717, 1.165) is 17.7 Å². The van der Waals surface area contributed by atoms with Gasteiger partial charge in [-0.1, -0.05) is 38.1 Å². The highest BCUT2D eigenvalue weighted by molar-refractivity contribution is 7.98. The number of carbonyl (C=O) groups is 1. The van der Waals surface area contributed by atoms with E-state index in [1.165, 1.54) is 5.56 Å². The van der Waals surface area contributed by atoms with Crippen molar-refractivity contribution in [2.75, 3.05) is 18.6 Å². The lowest BCUT2D eigenvalue weighted by Gasteiger charge is -2.19. The maximum Gasteiger partial charge on any atom is 0.224 e. The molecule has 0 saturated carbocycles. The van der Waals surface area contributed by atoms with Crippen LogP contribution >= 0.6 is 11.8 Å². The highest BCUT2D eigenvalue weighted by Crippen LogP contribution is 2.15. The van der Waals surface area contributed by atoms with Gasteiger partial charge in [0.15, 0.2) is 0 Å². The van der Waals surface area contributed by atoms with Gasteiger partial charge < -0.3 is 10.4 Å². The SMILES string of the molecule is CCc1ccc(C(CO)NC(=O)C(C)CSC)cc1. The zero-order chi connectivity index (χ0) is 14.3. The molecule has 0 aliphatic heterocycles. The fraction of sp³-hybridized carbons (Fsp3) is 0.533. The second-order valence-corrected chi connectivity index (χ2v) is 5.61. The molecule has 0 spiro atoms. The first-order valence-electron chi connectivity index (χ1n) is 6.61. The van der Waals surface area contributed by atoms with Crippen molar-refractivity contribution in [3.05, 3.63) is 35.4 Å². The molecule has 1 aromatic carbocycles. The second kappa shape index (κ2) is 8.23. The lowest BCUT2D eigenvalue weighted by atomic mass is 10.0. The smallest absolute Gasteiger partial charge is 0.224 e. The lowest BCUT2D eigenvalue weighted by Crippen LogP contribution is -2.35. The van der Waals surface area contributed by atoms with Crippen molar-refractivity contribution in [1.29, 1.82) is 0 Å². The molecule has 0 aliphatic rings. The minimum atomic E-state index is -0.317. The molecule has 3 nitrogen and oxygen atoms in total. The van der Waals surface area contributed by atoms with Crippen molar-refractivity contribution in [2.45, 2.75) is 26.3 Å². The van der Waals surface area contributed by atoms with Crippen LogP contribution in [-0.4, -0.2) is 29.6 Å². The summed E-state index contributed by atoms with van der Waals surface area (Å²) in [5.74, 6) is 0.741. The van der Waals surface area contributed by atoms with Crippen LogP contribution in [0.4, 0.5) is 0 Å². The summed E-state index contributed by atoms with van der Waals surface area (Å²) >= 11 is 1.65. The summed E-state index contributed by atoms with van der Waals surface area (Å²) in [6, 6.07) is 7.70. The van der Waals surface area contributed by atoms with Crippen LogP contribution in [0.2, 0.25) is 0 Å². The number of rotatable bonds is 7. The third-order valence-corrected chi connectivity index (χ3v) is 3.99. The van der Waals surface area contributed by atoms with Crippen LogP contribution in [0, 0.1) is 5.92 Å². The fourth-order valence-electron chi connectivity index (χ4n) is 1.86. The number of aryl methyl sites for hydroxylation is 1. The Bertz CT molecular complexity index is 392. The number of hydrogen-bond donors (Lipinski definition) is 2. The largest absolute Gasteiger partial charge is 0.394 e. The summed E-state index contributed by atoms with van der Waals surface area (Å²) in [5, 5.41) is 12.3. The van der Waals surface area contributed by atoms with Gasteiger partial charge in [-0.3, -0.25) is 4.79 Å². The molecule has 1 rings (SSSR count). The quantitative estimate of drug-likeness (QED) is 0.807. The molecule has 2 unspecified atom stereocenters. The highest BCUT2D eigenvalue weighted by Gasteiger charge is 2.18. The first-order valence-corrected chi connectivity index (χ1v) is 8.00. The number of aliphatic hydroxyl groups is 1. The van der Waals surface area contributed by atoms with Crippen molar-refractivity contribution in [1.82, 2.24) is 5.32 Å². The summed E-state index contributed by atoms with van der Waals surface area (Å²) in [4.78, 5) is 12.0. The van der Waals surface area contributed by atoms with Crippen molar-refractivity contribution in [3.63, 3.8) is 0 Å². The Morgan fingerprint density at radius 1 is 1.37 bits per heavy atom. The molecular formula is C15H23NO2S.